The Balaban J connectivity index is 1.39. The lowest BCUT2D eigenvalue weighted by atomic mass is 9.84. The topological polar surface area (TPSA) is 61.4 Å². The number of benzene rings is 2. The van der Waals surface area contributed by atoms with Crippen LogP contribution in [0.15, 0.2) is 97.3 Å². The first-order valence-corrected chi connectivity index (χ1v) is 10.9. The molecule has 0 radical (unpaired) electrons. The number of hydrogen-bond donors (Lipinski definition) is 0. The van der Waals surface area contributed by atoms with Gasteiger partial charge in [-0.25, -0.2) is 19.3 Å². The highest BCUT2D eigenvalue weighted by Gasteiger charge is 2.27. The maximum atomic E-state index is 4.96. The van der Waals surface area contributed by atoms with E-state index in [1.807, 2.05) is 94.6 Å². The molecule has 0 saturated carbocycles. The maximum absolute atomic E-state index is 4.96. The highest BCUT2D eigenvalue weighted by Crippen LogP contribution is 2.30. The summed E-state index contributed by atoms with van der Waals surface area (Å²) in [6.07, 6.45) is 4.02. The summed E-state index contributed by atoms with van der Waals surface area (Å²) < 4.78 is 3.67. The third-order valence-corrected chi connectivity index (χ3v) is 6.05. The summed E-state index contributed by atoms with van der Waals surface area (Å²) in [5, 5.41) is 11.5. The van der Waals surface area contributed by atoms with Gasteiger partial charge >= 0.3 is 0 Å². The molecule has 0 atom stereocenters. The van der Waals surface area contributed by atoms with Crippen molar-refractivity contribution in [2.24, 2.45) is 0 Å². The van der Waals surface area contributed by atoms with Crippen LogP contribution >= 0.6 is 0 Å². The third-order valence-electron chi connectivity index (χ3n) is 6.05. The Morgan fingerprint density at radius 2 is 1.00 bits per heavy atom. The Bertz CT molecular complexity index is 1420. The fourth-order valence-electron chi connectivity index (χ4n) is 4.09. The summed E-state index contributed by atoms with van der Waals surface area (Å²) >= 11 is 0. The number of nitrogens with zero attached hydrogens (tertiary/aromatic N) is 6. The summed E-state index contributed by atoms with van der Waals surface area (Å²) in [5.74, 6) is 1.57. The third kappa shape index (κ3) is 3.36. The minimum atomic E-state index is -0.412. The van der Waals surface area contributed by atoms with Crippen molar-refractivity contribution in [1.82, 2.24) is 29.5 Å². The first kappa shape index (κ1) is 19.4. The smallest absolute Gasteiger partial charge is 0.153 e. The molecule has 0 spiro atoms. The van der Waals surface area contributed by atoms with E-state index in [9.17, 15) is 0 Å². The zero-order valence-corrected chi connectivity index (χ0v) is 18.4. The molecule has 0 amide bonds. The van der Waals surface area contributed by atoms with Crippen LogP contribution in [0.5, 0.6) is 0 Å². The van der Waals surface area contributed by atoms with Gasteiger partial charge in [0.05, 0.1) is 22.4 Å². The van der Waals surface area contributed by atoms with E-state index in [0.717, 1.165) is 44.8 Å². The van der Waals surface area contributed by atoms with E-state index in [1.165, 1.54) is 0 Å². The zero-order chi connectivity index (χ0) is 22.4. The normalized spacial score (nSPS) is 11.9. The summed E-state index contributed by atoms with van der Waals surface area (Å²) in [5.41, 5.74) is 3.34. The molecule has 0 N–H and O–H groups in total. The van der Waals surface area contributed by atoms with Crippen LogP contribution in [-0.4, -0.2) is 29.5 Å². The van der Waals surface area contributed by atoms with Crippen molar-refractivity contribution in [3.05, 3.63) is 109 Å². The Morgan fingerprint density at radius 3 is 1.45 bits per heavy atom. The molecule has 0 aliphatic rings. The number of pyridine rings is 2. The highest BCUT2D eigenvalue weighted by molar-refractivity contribution is 5.78. The molecule has 0 bridgehead atoms. The standard InChI is InChI=1S/C27H22N6/c1-27(2,23-13-7-15-25(28-23)32-17-19-9-3-5-11-21(19)30-32)24-14-8-16-26(29-24)33-18-20-10-4-6-12-22(20)31-33/h3-18H,1-2H3. The van der Waals surface area contributed by atoms with Gasteiger partial charge in [-0.05, 0) is 50.2 Å². The van der Waals surface area contributed by atoms with Crippen LogP contribution in [0.1, 0.15) is 25.2 Å². The van der Waals surface area contributed by atoms with Crippen molar-refractivity contribution in [2.75, 3.05) is 0 Å². The Labute approximate surface area is 191 Å². The molecule has 6 heteroatoms. The second-order valence-electron chi connectivity index (χ2n) is 8.65. The molecule has 160 valence electrons. The summed E-state index contributed by atoms with van der Waals surface area (Å²) in [4.78, 5) is 9.92. The number of rotatable bonds is 4. The van der Waals surface area contributed by atoms with E-state index in [4.69, 9.17) is 9.97 Å². The van der Waals surface area contributed by atoms with Gasteiger partial charge in [0.25, 0.3) is 0 Å². The van der Waals surface area contributed by atoms with Gasteiger partial charge in [-0.15, -0.1) is 0 Å². The van der Waals surface area contributed by atoms with E-state index >= 15 is 0 Å². The Kier molecular flexibility index (Phi) is 4.33. The number of fused-ring (bicyclic) bond motifs is 2. The molecule has 6 nitrogen and oxygen atoms in total. The van der Waals surface area contributed by atoms with E-state index in [1.54, 1.807) is 0 Å². The van der Waals surface area contributed by atoms with E-state index in [0.29, 0.717) is 0 Å². The molecule has 0 unspecified atom stereocenters. The largest absolute Gasteiger partial charge is 0.233 e. The Morgan fingerprint density at radius 1 is 0.545 bits per heavy atom. The lowest BCUT2D eigenvalue weighted by Crippen LogP contribution is -2.23. The minimum absolute atomic E-state index is 0.412. The van der Waals surface area contributed by atoms with Gasteiger partial charge in [-0.3, -0.25) is 0 Å². The molecule has 4 heterocycles. The predicted molar refractivity (Wildman–Crippen MR) is 130 cm³/mol. The van der Waals surface area contributed by atoms with Crippen LogP contribution < -0.4 is 0 Å². The molecular formula is C27H22N6. The van der Waals surface area contributed by atoms with Crippen molar-refractivity contribution in [3.63, 3.8) is 0 Å². The van der Waals surface area contributed by atoms with Gasteiger partial charge in [0, 0.05) is 28.6 Å². The second-order valence-corrected chi connectivity index (χ2v) is 8.65. The minimum Gasteiger partial charge on any atom is -0.233 e. The van der Waals surface area contributed by atoms with Crippen LogP contribution in [0.4, 0.5) is 0 Å². The summed E-state index contributed by atoms with van der Waals surface area (Å²) in [6.45, 7) is 4.29. The molecular weight excluding hydrogens is 408 g/mol. The molecule has 2 aromatic carbocycles. The second kappa shape index (κ2) is 7.38. The molecule has 0 aliphatic carbocycles. The van der Waals surface area contributed by atoms with Gasteiger partial charge in [0.2, 0.25) is 0 Å². The average molecular weight is 431 g/mol. The molecule has 6 rings (SSSR count). The first-order chi connectivity index (χ1) is 16.1. The van der Waals surface area contributed by atoms with E-state index in [-0.39, 0.29) is 0 Å². The Hall–Kier alpha value is -4.32. The van der Waals surface area contributed by atoms with Crippen molar-refractivity contribution < 1.29 is 0 Å². The average Bonchev–Trinajstić information content (AvgIpc) is 3.49. The van der Waals surface area contributed by atoms with Crippen molar-refractivity contribution in [1.29, 1.82) is 0 Å². The molecule has 33 heavy (non-hydrogen) atoms. The van der Waals surface area contributed by atoms with Gasteiger partial charge in [-0.1, -0.05) is 48.5 Å². The fraction of sp³-hybridized carbons (Fsp3) is 0.111. The summed E-state index contributed by atoms with van der Waals surface area (Å²) in [7, 11) is 0. The number of hydrogen-bond acceptors (Lipinski definition) is 4. The zero-order valence-electron chi connectivity index (χ0n) is 18.4. The maximum Gasteiger partial charge on any atom is 0.153 e. The monoisotopic (exact) mass is 430 g/mol. The van der Waals surface area contributed by atoms with Crippen molar-refractivity contribution in [3.8, 4) is 11.6 Å². The van der Waals surface area contributed by atoms with E-state index in [2.05, 4.69) is 36.2 Å². The van der Waals surface area contributed by atoms with Gasteiger partial charge in [0.15, 0.2) is 11.6 Å². The van der Waals surface area contributed by atoms with Crippen molar-refractivity contribution >= 4 is 21.8 Å². The molecule has 0 aliphatic heterocycles. The fourth-order valence-corrected chi connectivity index (χ4v) is 4.09. The molecule has 0 fully saturated rings. The predicted octanol–water partition coefficient (Wildman–Crippen LogP) is 5.48. The number of aromatic nitrogens is 6. The van der Waals surface area contributed by atoms with Gasteiger partial charge in [-0.2, -0.15) is 10.2 Å². The SMILES string of the molecule is CC(C)(c1cccc(-n2cc3ccccc3n2)n1)c1cccc(-n2cc3ccccc3n2)n1. The molecule has 4 aromatic heterocycles. The van der Waals surface area contributed by atoms with Crippen molar-refractivity contribution in [2.45, 2.75) is 19.3 Å². The lowest BCUT2D eigenvalue weighted by Gasteiger charge is -2.24. The van der Waals surface area contributed by atoms with Crippen LogP contribution in [0.3, 0.4) is 0 Å². The van der Waals surface area contributed by atoms with Crippen LogP contribution in [0.2, 0.25) is 0 Å². The van der Waals surface area contributed by atoms with E-state index < -0.39 is 5.41 Å². The lowest BCUT2D eigenvalue weighted by molar-refractivity contribution is 0.588. The summed E-state index contributed by atoms with van der Waals surface area (Å²) in [6, 6.07) is 28.2. The van der Waals surface area contributed by atoms with Crippen LogP contribution in [0, 0.1) is 0 Å². The molecule has 6 aromatic rings. The molecule has 0 saturated heterocycles. The van der Waals surface area contributed by atoms with Gasteiger partial charge in [0.1, 0.15) is 0 Å². The highest BCUT2D eigenvalue weighted by atomic mass is 15.3. The van der Waals surface area contributed by atoms with Gasteiger partial charge < -0.3 is 0 Å². The quantitative estimate of drug-likeness (QED) is 0.372. The van der Waals surface area contributed by atoms with Crippen LogP contribution in [0.25, 0.3) is 33.4 Å². The first-order valence-electron chi connectivity index (χ1n) is 10.9. The van der Waals surface area contributed by atoms with Crippen LogP contribution in [-0.2, 0) is 5.41 Å².